The molecule has 0 aliphatic heterocycles. The van der Waals surface area contributed by atoms with Gasteiger partial charge in [0.15, 0.2) is 0 Å². The van der Waals surface area contributed by atoms with Crippen LogP contribution in [0.4, 0.5) is 0 Å². The number of aryl methyl sites for hydroxylation is 1. The fraction of sp³-hybridized carbons (Fsp3) is 0.500. The lowest BCUT2D eigenvalue weighted by Gasteiger charge is -2.17. The van der Waals surface area contributed by atoms with Crippen LogP contribution in [0, 0.1) is 12.8 Å². The molecule has 1 unspecified atom stereocenters. The quantitative estimate of drug-likeness (QED) is 0.877. The van der Waals surface area contributed by atoms with Gasteiger partial charge in [0.05, 0.1) is 18.6 Å². The van der Waals surface area contributed by atoms with Crippen molar-refractivity contribution >= 4 is 0 Å². The summed E-state index contributed by atoms with van der Waals surface area (Å²) in [6.07, 6.45) is 3.60. The van der Waals surface area contributed by atoms with Crippen LogP contribution in [0.25, 0.3) is 0 Å². The van der Waals surface area contributed by atoms with E-state index in [1.165, 1.54) is 0 Å². The first-order valence-corrected chi connectivity index (χ1v) is 5.75. The molecule has 2 N–H and O–H groups in total. The van der Waals surface area contributed by atoms with E-state index >= 15 is 0 Å². The van der Waals surface area contributed by atoms with Crippen LogP contribution in [0.15, 0.2) is 23.1 Å². The van der Waals surface area contributed by atoms with Crippen LogP contribution in [0.3, 0.4) is 0 Å². The molecule has 0 spiro atoms. The summed E-state index contributed by atoms with van der Waals surface area (Å²) in [5.74, 6) is 1.19. The third-order valence-corrected chi connectivity index (χ3v) is 2.81. The normalized spacial score (nSPS) is 13.2. The maximum absolute atomic E-state index is 6.14. The predicted octanol–water partition coefficient (Wildman–Crippen LogP) is 1.88. The molecule has 17 heavy (non-hydrogen) atoms. The van der Waals surface area contributed by atoms with Crippen LogP contribution in [0.1, 0.15) is 37.0 Å². The van der Waals surface area contributed by atoms with Crippen LogP contribution in [-0.2, 0) is 6.54 Å². The molecule has 92 valence electrons. The Morgan fingerprint density at radius 2 is 2.24 bits per heavy atom. The first-order valence-electron chi connectivity index (χ1n) is 5.75. The first-order chi connectivity index (χ1) is 8.08. The van der Waals surface area contributed by atoms with Crippen molar-refractivity contribution in [3.05, 3.63) is 35.7 Å². The fourth-order valence-corrected chi connectivity index (χ4v) is 1.75. The minimum Gasteiger partial charge on any atom is -0.361 e. The summed E-state index contributed by atoms with van der Waals surface area (Å²) in [5, 5.41) is 3.97. The zero-order valence-electron chi connectivity index (χ0n) is 10.4. The van der Waals surface area contributed by atoms with Crippen molar-refractivity contribution in [1.82, 2.24) is 14.7 Å². The van der Waals surface area contributed by atoms with E-state index in [2.05, 4.69) is 24.0 Å². The number of nitrogens with zero attached hydrogens (tertiary/aromatic N) is 3. The third-order valence-electron chi connectivity index (χ3n) is 2.81. The molecule has 5 nitrogen and oxygen atoms in total. The summed E-state index contributed by atoms with van der Waals surface area (Å²) in [6, 6.07) is 1.91. The minimum atomic E-state index is -0.00880. The van der Waals surface area contributed by atoms with E-state index in [4.69, 9.17) is 10.3 Å². The Morgan fingerprint density at radius 1 is 1.47 bits per heavy atom. The van der Waals surface area contributed by atoms with Gasteiger partial charge in [-0.15, -0.1) is 0 Å². The molecule has 0 saturated heterocycles. The Bertz CT molecular complexity index is 486. The standard InChI is InChI=1S/C12H18N4O/c1-8(2)12(13)11-5-14-7-16(11)6-10-4-9(3)17-15-10/h4-5,7-8,12H,6,13H2,1-3H3. The highest BCUT2D eigenvalue weighted by Crippen LogP contribution is 2.19. The summed E-state index contributed by atoms with van der Waals surface area (Å²) < 4.78 is 7.06. The highest BCUT2D eigenvalue weighted by Gasteiger charge is 2.15. The molecular weight excluding hydrogens is 216 g/mol. The average Bonchev–Trinajstić information content (AvgIpc) is 2.87. The minimum absolute atomic E-state index is 0.00880. The maximum atomic E-state index is 6.14. The number of nitrogens with two attached hydrogens (primary N) is 1. The van der Waals surface area contributed by atoms with Crippen molar-refractivity contribution in [1.29, 1.82) is 0 Å². The van der Waals surface area contributed by atoms with Gasteiger partial charge in [0.1, 0.15) is 11.5 Å². The van der Waals surface area contributed by atoms with Crippen molar-refractivity contribution in [3.8, 4) is 0 Å². The molecule has 1 atom stereocenters. The van der Waals surface area contributed by atoms with Crippen molar-refractivity contribution in [2.75, 3.05) is 0 Å². The van der Waals surface area contributed by atoms with E-state index in [0.717, 1.165) is 17.1 Å². The molecule has 0 radical (unpaired) electrons. The van der Waals surface area contributed by atoms with Crippen molar-refractivity contribution in [2.45, 2.75) is 33.4 Å². The molecule has 2 aromatic heterocycles. The van der Waals surface area contributed by atoms with Crippen LogP contribution < -0.4 is 5.73 Å². The van der Waals surface area contributed by atoms with Gasteiger partial charge in [-0.3, -0.25) is 0 Å². The van der Waals surface area contributed by atoms with Gasteiger partial charge in [-0.25, -0.2) is 4.98 Å². The van der Waals surface area contributed by atoms with Crippen molar-refractivity contribution in [3.63, 3.8) is 0 Å². The number of hydrogen-bond donors (Lipinski definition) is 1. The largest absolute Gasteiger partial charge is 0.361 e. The molecule has 0 amide bonds. The van der Waals surface area contributed by atoms with Crippen LogP contribution in [0.2, 0.25) is 0 Å². The van der Waals surface area contributed by atoms with Gasteiger partial charge in [-0.05, 0) is 12.8 Å². The first kappa shape index (κ1) is 11.9. The topological polar surface area (TPSA) is 69.9 Å². The van der Waals surface area contributed by atoms with Gasteiger partial charge < -0.3 is 14.8 Å². The van der Waals surface area contributed by atoms with Crippen LogP contribution >= 0.6 is 0 Å². The molecule has 2 heterocycles. The Balaban J connectivity index is 2.19. The molecule has 0 aliphatic carbocycles. The van der Waals surface area contributed by atoms with E-state index in [1.54, 1.807) is 6.33 Å². The number of aromatic nitrogens is 3. The fourth-order valence-electron chi connectivity index (χ4n) is 1.75. The number of rotatable bonds is 4. The van der Waals surface area contributed by atoms with E-state index in [-0.39, 0.29) is 6.04 Å². The molecule has 2 rings (SSSR count). The van der Waals surface area contributed by atoms with E-state index in [0.29, 0.717) is 12.5 Å². The van der Waals surface area contributed by atoms with E-state index in [9.17, 15) is 0 Å². The molecule has 0 saturated carbocycles. The molecular formula is C12H18N4O. The summed E-state index contributed by atoms with van der Waals surface area (Å²) >= 11 is 0. The SMILES string of the molecule is Cc1cc(Cn2cncc2C(N)C(C)C)no1. The average molecular weight is 234 g/mol. The predicted molar refractivity (Wildman–Crippen MR) is 64.3 cm³/mol. The second-order valence-corrected chi connectivity index (χ2v) is 4.65. The zero-order valence-corrected chi connectivity index (χ0v) is 10.4. The smallest absolute Gasteiger partial charge is 0.133 e. The molecule has 2 aromatic rings. The van der Waals surface area contributed by atoms with Gasteiger partial charge in [-0.1, -0.05) is 19.0 Å². The molecule has 0 bridgehead atoms. The van der Waals surface area contributed by atoms with Gasteiger partial charge in [0, 0.05) is 18.3 Å². The lowest BCUT2D eigenvalue weighted by molar-refractivity contribution is 0.387. The maximum Gasteiger partial charge on any atom is 0.133 e. The van der Waals surface area contributed by atoms with Crippen molar-refractivity contribution in [2.24, 2.45) is 11.7 Å². The molecule has 0 aromatic carbocycles. The van der Waals surface area contributed by atoms with Gasteiger partial charge in [-0.2, -0.15) is 0 Å². The van der Waals surface area contributed by atoms with Gasteiger partial charge in [0.2, 0.25) is 0 Å². The number of imidazole rings is 1. The second kappa shape index (κ2) is 4.71. The summed E-state index contributed by atoms with van der Waals surface area (Å²) in [5.41, 5.74) is 8.05. The highest BCUT2D eigenvalue weighted by atomic mass is 16.5. The lowest BCUT2D eigenvalue weighted by Crippen LogP contribution is -2.20. The Labute approximate surface area is 101 Å². The molecule has 0 fully saturated rings. The molecule has 5 heteroatoms. The molecule has 0 aliphatic rings. The summed E-state index contributed by atoms with van der Waals surface area (Å²) in [6.45, 7) is 6.72. The highest BCUT2D eigenvalue weighted by molar-refractivity contribution is 5.10. The van der Waals surface area contributed by atoms with Crippen LogP contribution in [-0.4, -0.2) is 14.7 Å². The monoisotopic (exact) mass is 234 g/mol. The van der Waals surface area contributed by atoms with Gasteiger partial charge >= 0.3 is 0 Å². The summed E-state index contributed by atoms with van der Waals surface area (Å²) in [7, 11) is 0. The second-order valence-electron chi connectivity index (χ2n) is 4.65. The van der Waals surface area contributed by atoms with E-state index < -0.39 is 0 Å². The third kappa shape index (κ3) is 2.55. The Morgan fingerprint density at radius 3 is 2.82 bits per heavy atom. The van der Waals surface area contributed by atoms with Crippen LogP contribution in [0.5, 0.6) is 0 Å². The number of hydrogen-bond acceptors (Lipinski definition) is 4. The summed E-state index contributed by atoms with van der Waals surface area (Å²) in [4.78, 5) is 4.15. The van der Waals surface area contributed by atoms with Gasteiger partial charge in [0.25, 0.3) is 0 Å². The van der Waals surface area contributed by atoms with E-state index in [1.807, 2.05) is 23.8 Å². The zero-order chi connectivity index (χ0) is 12.4. The Hall–Kier alpha value is -1.62. The Kier molecular flexibility index (Phi) is 3.28. The van der Waals surface area contributed by atoms with Crippen molar-refractivity contribution < 1.29 is 4.52 Å². The lowest BCUT2D eigenvalue weighted by atomic mass is 10.0.